The van der Waals surface area contributed by atoms with E-state index in [0.29, 0.717) is 6.42 Å². The second-order valence-corrected chi connectivity index (χ2v) is 6.40. The van der Waals surface area contributed by atoms with E-state index >= 15 is 0 Å². The van der Waals surface area contributed by atoms with Gasteiger partial charge in [-0.2, -0.15) is 9.48 Å². The summed E-state index contributed by atoms with van der Waals surface area (Å²) in [6.07, 6.45) is 7.15. The second-order valence-electron chi connectivity index (χ2n) is 6.40. The summed E-state index contributed by atoms with van der Waals surface area (Å²) in [5.41, 5.74) is 3.95. The number of nitrogens with zero attached hydrogens (tertiary/aromatic N) is 4. The van der Waals surface area contributed by atoms with Crippen molar-refractivity contribution in [3.8, 4) is 0 Å². The monoisotopic (exact) mass is 343 g/mol. The highest BCUT2D eigenvalue weighted by molar-refractivity contribution is 5.87. The van der Waals surface area contributed by atoms with E-state index in [4.69, 9.17) is 0 Å². The second kappa shape index (κ2) is 6.54. The first-order valence-electron chi connectivity index (χ1n) is 8.46. The zero-order valence-electron chi connectivity index (χ0n) is 14.5. The Kier molecular flexibility index (Phi) is 4.07. The van der Waals surface area contributed by atoms with Crippen molar-refractivity contribution in [1.29, 1.82) is 0 Å². The molecule has 2 heterocycles. The van der Waals surface area contributed by atoms with Crippen LogP contribution in [0.4, 0.5) is 4.79 Å². The lowest BCUT2D eigenvalue weighted by atomic mass is 10.0. The minimum absolute atomic E-state index is 0.00448. The molecule has 3 aromatic rings. The minimum Gasteiger partial charge on any atom is -0.245 e. The predicted octanol–water partition coefficient (Wildman–Crippen LogP) is 3.95. The number of amides is 1. The summed E-state index contributed by atoms with van der Waals surface area (Å²) < 4.78 is 1.50. The summed E-state index contributed by atoms with van der Waals surface area (Å²) in [5.74, 6) is 0. The molecule has 0 saturated heterocycles. The molecule has 1 aliphatic heterocycles. The maximum atomic E-state index is 13.2. The van der Waals surface area contributed by atoms with Crippen LogP contribution in [0.1, 0.15) is 11.1 Å². The van der Waals surface area contributed by atoms with Gasteiger partial charge in [0.15, 0.2) is 5.70 Å². The Labute approximate surface area is 152 Å². The summed E-state index contributed by atoms with van der Waals surface area (Å²) in [5, 5.41) is 0. The molecule has 1 aliphatic rings. The highest BCUT2D eigenvalue weighted by Gasteiger charge is 2.43. The number of carbonyl (C=O) groups excluding carboxylic acids is 1. The van der Waals surface area contributed by atoms with Crippen molar-refractivity contribution in [3.63, 3.8) is 0 Å². The van der Waals surface area contributed by atoms with Crippen LogP contribution in [0.2, 0.25) is 0 Å². The van der Waals surface area contributed by atoms with Gasteiger partial charge in [-0.1, -0.05) is 60.7 Å². The van der Waals surface area contributed by atoms with Gasteiger partial charge in [-0.3, -0.25) is 0 Å². The third-order valence-corrected chi connectivity index (χ3v) is 4.64. The van der Waals surface area contributed by atoms with Gasteiger partial charge in [0.2, 0.25) is 6.34 Å². The van der Waals surface area contributed by atoms with Gasteiger partial charge in [-0.05, 0) is 5.56 Å². The summed E-state index contributed by atoms with van der Waals surface area (Å²) in [6.45, 7) is 0. The molecule has 4 rings (SSSR count). The third kappa shape index (κ3) is 2.78. The lowest BCUT2D eigenvalue weighted by Crippen LogP contribution is -2.48. The molecule has 2 aromatic carbocycles. The fraction of sp³-hybridized carbons (Fsp3) is 0.0952. The number of hydrogen-bond acceptors (Lipinski definition) is 3. The maximum Gasteiger partial charge on any atom is 0.439 e. The summed E-state index contributed by atoms with van der Waals surface area (Å²) in [6, 6.07) is 20.0. The number of likely N-dealkylation sites (N-methyl/N-ethyl adjacent to an activating group) is 1. The van der Waals surface area contributed by atoms with Crippen LogP contribution in [0.3, 0.4) is 0 Å². The van der Waals surface area contributed by atoms with Crippen molar-refractivity contribution in [2.45, 2.75) is 6.42 Å². The van der Waals surface area contributed by atoms with E-state index in [2.05, 4.69) is 22.1 Å². The van der Waals surface area contributed by atoms with Crippen molar-refractivity contribution in [2.75, 3.05) is 7.05 Å². The van der Waals surface area contributed by atoms with Crippen molar-refractivity contribution in [3.05, 3.63) is 96.2 Å². The Morgan fingerprint density at radius 2 is 1.73 bits per heavy atom. The quantitative estimate of drug-likeness (QED) is 0.676. The molecule has 0 bridgehead atoms. The number of allylic oxidation sites excluding steroid dienone is 1. The van der Waals surface area contributed by atoms with E-state index in [1.165, 1.54) is 10.9 Å². The number of rotatable bonds is 3. The van der Waals surface area contributed by atoms with E-state index in [1.54, 1.807) is 18.7 Å². The molecule has 5 nitrogen and oxygen atoms in total. The molecule has 0 fully saturated rings. The number of aromatic nitrogens is 2. The molecule has 0 saturated carbocycles. The predicted molar refractivity (Wildman–Crippen MR) is 101 cm³/mol. The highest BCUT2D eigenvalue weighted by Crippen LogP contribution is 2.34. The zero-order chi connectivity index (χ0) is 18.0. The highest BCUT2D eigenvalue weighted by atomic mass is 16.2. The lowest BCUT2D eigenvalue weighted by molar-refractivity contribution is -0.682. The van der Waals surface area contributed by atoms with E-state index in [0.717, 1.165) is 22.5 Å². The van der Waals surface area contributed by atoms with E-state index in [1.807, 2.05) is 55.6 Å². The molecule has 0 radical (unpaired) electrons. The molecule has 0 aliphatic carbocycles. The van der Waals surface area contributed by atoms with Gasteiger partial charge in [0.25, 0.3) is 0 Å². The smallest absolute Gasteiger partial charge is 0.245 e. The Bertz CT molecular complexity index is 975. The van der Waals surface area contributed by atoms with Gasteiger partial charge in [0.1, 0.15) is 12.0 Å². The van der Waals surface area contributed by atoms with Crippen LogP contribution in [0.25, 0.3) is 5.70 Å². The Hall–Kier alpha value is -3.31. The van der Waals surface area contributed by atoms with Crippen molar-refractivity contribution in [2.24, 2.45) is 4.99 Å². The van der Waals surface area contributed by atoms with E-state index in [-0.39, 0.29) is 10.5 Å². The van der Waals surface area contributed by atoms with Gasteiger partial charge in [0, 0.05) is 18.0 Å². The van der Waals surface area contributed by atoms with Crippen LogP contribution in [-0.2, 0) is 6.42 Å². The third-order valence-electron chi connectivity index (χ3n) is 4.64. The van der Waals surface area contributed by atoms with Gasteiger partial charge < -0.3 is 0 Å². The lowest BCUT2D eigenvalue weighted by Gasteiger charge is -2.25. The summed E-state index contributed by atoms with van der Waals surface area (Å²) in [4.78, 5) is 21.8. The summed E-state index contributed by atoms with van der Waals surface area (Å²) >= 11 is 0. The minimum atomic E-state index is -0.108. The Balaban J connectivity index is 1.83. The molecule has 5 heteroatoms. The zero-order valence-corrected chi connectivity index (χ0v) is 14.5. The number of benzene rings is 2. The number of hydrogen-bond donors (Lipinski definition) is 0. The number of carbonyl (C=O) groups is 1. The van der Waals surface area contributed by atoms with Crippen LogP contribution in [0.15, 0.2) is 90.1 Å². The molecule has 0 spiro atoms. The van der Waals surface area contributed by atoms with E-state index < -0.39 is 0 Å². The van der Waals surface area contributed by atoms with Crippen molar-refractivity contribution in [1.82, 2.24) is 9.55 Å². The van der Waals surface area contributed by atoms with E-state index in [9.17, 15) is 4.79 Å². The first kappa shape index (κ1) is 16.2. The Morgan fingerprint density at radius 3 is 2.38 bits per heavy atom. The number of quaternary nitrogens is 1. The molecule has 1 unspecified atom stereocenters. The van der Waals surface area contributed by atoms with Gasteiger partial charge >= 0.3 is 6.03 Å². The van der Waals surface area contributed by atoms with Crippen LogP contribution >= 0.6 is 0 Å². The number of aliphatic imine (C=N–C) groups is 1. The van der Waals surface area contributed by atoms with Crippen molar-refractivity contribution >= 4 is 18.1 Å². The molecule has 0 N–H and O–H groups in total. The average Bonchev–Trinajstić information content (AvgIpc) is 3.33. The van der Waals surface area contributed by atoms with Crippen LogP contribution in [0.5, 0.6) is 0 Å². The van der Waals surface area contributed by atoms with Crippen LogP contribution in [-0.4, -0.2) is 33.5 Å². The number of imidazole rings is 1. The molecule has 1 aromatic heterocycles. The first-order valence-corrected chi connectivity index (χ1v) is 8.46. The topological polar surface area (TPSA) is 47.2 Å². The molecule has 26 heavy (non-hydrogen) atoms. The SMILES string of the molecule is C[N+]1(C(=O)n2ccnc2)C=NC(c2ccccc2)=C1Cc1ccccc1. The largest absolute Gasteiger partial charge is 0.439 e. The van der Waals surface area contributed by atoms with Gasteiger partial charge in [-0.15, -0.1) is 0 Å². The molecule has 128 valence electrons. The molecular formula is C21H19N4O+. The first-order chi connectivity index (χ1) is 12.7. The average molecular weight is 343 g/mol. The Morgan fingerprint density at radius 1 is 1.04 bits per heavy atom. The fourth-order valence-electron chi connectivity index (χ4n) is 3.19. The fourth-order valence-corrected chi connectivity index (χ4v) is 3.19. The molecule has 1 atom stereocenters. The van der Waals surface area contributed by atoms with Crippen LogP contribution in [0, 0.1) is 0 Å². The summed E-state index contributed by atoms with van der Waals surface area (Å²) in [7, 11) is 1.88. The normalized spacial score (nSPS) is 19.1. The maximum absolute atomic E-state index is 13.2. The van der Waals surface area contributed by atoms with Crippen molar-refractivity contribution < 1.29 is 9.28 Å². The van der Waals surface area contributed by atoms with Gasteiger partial charge in [-0.25, -0.2) is 14.3 Å². The van der Waals surface area contributed by atoms with Crippen LogP contribution < -0.4 is 0 Å². The van der Waals surface area contributed by atoms with Gasteiger partial charge in [0.05, 0.1) is 13.5 Å². The standard InChI is InChI=1S/C21H19N4O/c1-25(21(26)24-13-12-22-15-24)16-23-20(18-10-6-3-7-11-18)19(25)14-17-8-4-2-5-9-17/h2-13,15-16H,14H2,1H3/q+1. The molecular weight excluding hydrogens is 324 g/mol. The molecule has 1 amide bonds.